The second-order valence-corrected chi connectivity index (χ2v) is 12.9. The molecular formula is C35H63F3N2O5. The molecule has 0 saturated heterocycles. The third kappa shape index (κ3) is 22.9. The van der Waals surface area contributed by atoms with Crippen LogP contribution in [-0.4, -0.2) is 47.4 Å². The van der Waals surface area contributed by atoms with Crippen LogP contribution < -0.4 is 10.6 Å². The summed E-state index contributed by atoms with van der Waals surface area (Å²) >= 11 is 0. The minimum absolute atomic E-state index is 0.0354. The van der Waals surface area contributed by atoms with Crippen LogP contribution in [0.25, 0.3) is 0 Å². The summed E-state index contributed by atoms with van der Waals surface area (Å²) in [6, 6.07) is -1.14. The van der Waals surface area contributed by atoms with E-state index in [1.54, 1.807) is 13.8 Å². The Morgan fingerprint density at radius 3 is 1.71 bits per heavy atom. The molecule has 0 aromatic heterocycles. The summed E-state index contributed by atoms with van der Waals surface area (Å²) in [7, 11) is 0. The highest BCUT2D eigenvalue weighted by Crippen LogP contribution is 2.39. The van der Waals surface area contributed by atoms with E-state index in [2.05, 4.69) is 17.6 Å². The molecule has 3 N–H and O–H groups in total. The number of aliphatic carboxylic acids is 1. The number of carbonyl (C=O) groups is 4. The Morgan fingerprint density at radius 1 is 0.711 bits per heavy atom. The average Bonchev–Trinajstić information content (AvgIpc) is 2.97. The van der Waals surface area contributed by atoms with Crippen molar-refractivity contribution in [1.82, 2.24) is 10.6 Å². The first-order valence-corrected chi connectivity index (χ1v) is 17.7. The summed E-state index contributed by atoms with van der Waals surface area (Å²) in [4.78, 5) is 48.1. The molecule has 45 heavy (non-hydrogen) atoms. The predicted octanol–water partition coefficient (Wildman–Crippen LogP) is 8.92. The molecule has 10 heteroatoms. The topological polar surface area (TPSA) is 113 Å². The highest BCUT2D eigenvalue weighted by molar-refractivity contribution is 5.84. The molecular weight excluding hydrogens is 585 g/mol. The number of ketones is 1. The molecule has 0 aromatic rings. The van der Waals surface area contributed by atoms with E-state index in [-0.39, 0.29) is 49.8 Å². The molecule has 0 aliphatic rings. The number of unbranched alkanes of at least 4 members (excludes halogenated alkanes) is 13. The first kappa shape index (κ1) is 42.9. The van der Waals surface area contributed by atoms with Gasteiger partial charge in [-0.3, -0.25) is 14.4 Å². The zero-order valence-electron chi connectivity index (χ0n) is 28.6. The molecule has 7 nitrogen and oxygen atoms in total. The van der Waals surface area contributed by atoms with E-state index in [1.807, 2.05) is 0 Å². The van der Waals surface area contributed by atoms with E-state index in [4.69, 9.17) is 0 Å². The number of alkyl halides is 3. The van der Waals surface area contributed by atoms with Crippen LogP contribution in [0.3, 0.4) is 0 Å². The number of carboxylic acid groups (broad SMARTS) is 1. The van der Waals surface area contributed by atoms with Gasteiger partial charge in [0, 0.05) is 25.3 Å². The number of amides is 2. The molecule has 4 atom stereocenters. The molecule has 0 heterocycles. The fourth-order valence-electron chi connectivity index (χ4n) is 5.70. The molecule has 1 unspecified atom stereocenters. The number of Topliss-reactive ketones (excluding diaryl/α,β-unsaturated/α-hetero) is 1. The van der Waals surface area contributed by atoms with Gasteiger partial charge in [0.25, 0.3) is 0 Å². The Hall–Kier alpha value is -2.13. The molecule has 0 rings (SSSR count). The summed E-state index contributed by atoms with van der Waals surface area (Å²) in [5, 5.41) is 14.7. The van der Waals surface area contributed by atoms with Crippen molar-refractivity contribution >= 4 is 23.6 Å². The van der Waals surface area contributed by atoms with E-state index in [0.717, 1.165) is 19.3 Å². The summed E-state index contributed by atoms with van der Waals surface area (Å²) in [5.41, 5.74) is 0. The van der Waals surface area contributed by atoms with Crippen LogP contribution in [0.1, 0.15) is 163 Å². The maximum Gasteiger partial charge on any atom is 0.392 e. The lowest BCUT2D eigenvalue weighted by molar-refractivity contribution is -0.192. The molecule has 0 aliphatic heterocycles. The SMILES string of the molecule is CCCCCCCCCCCCCCCC(=O)NC(CCC(=O)NCCCC[C@H](C[C@@H]([C@H](C)CC)C(F)(F)F)C(C)=O)C(=O)O. The lowest BCUT2D eigenvalue weighted by Crippen LogP contribution is -2.41. The second kappa shape index (κ2) is 26.0. The van der Waals surface area contributed by atoms with Crippen LogP contribution in [0.5, 0.6) is 0 Å². The van der Waals surface area contributed by atoms with Gasteiger partial charge in [-0.1, -0.05) is 111 Å². The molecule has 0 spiro atoms. The molecule has 0 bridgehead atoms. The third-order valence-corrected chi connectivity index (χ3v) is 8.97. The van der Waals surface area contributed by atoms with Crippen molar-refractivity contribution in [3.63, 3.8) is 0 Å². The van der Waals surface area contributed by atoms with Gasteiger partial charge in [0.2, 0.25) is 11.8 Å². The molecule has 0 saturated carbocycles. The first-order valence-electron chi connectivity index (χ1n) is 17.7. The molecule has 2 amide bonds. The summed E-state index contributed by atoms with van der Waals surface area (Å²) < 4.78 is 40.5. The van der Waals surface area contributed by atoms with Crippen molar-refractivity contribution < 1.29 is 37.5 Å². The summed E-state index contributed by atoms with van der Waals surface area (Å²) in [6.45, 7) is 7.11. The van der Waals surface area contributed by atoms with Gasteiger partial charge in [0.05, 0.1) is 5.92 Å². The number of carbonyl (C=O) groups excluding carboxylic acids is 3. The Labute approximate surface area is 270 Å². The highest BCUT2D eigenvalue weighted by Gasteiger charge is 2.43. The number of rotatable bonds is 29. The van der Waals surface area contributed by atoms with E-state index in [9.17, 15) is 37.5 Å². The maximum absolute atomic E-state index is 13.5. The minimum atomic E-state index is -4.35. The van der Waals surface area contributed by atoms with Crippen molar-refractivity contribution in [2.45, 2.75) is 175 Å². The zero-order chi connectivity index (χ0) is 34.1. The van der Waals surface area contributed by atoms with Crippen molar-refractivity contribution in [1.29, 1.82) is 0 Å². The molecule has 264 valence electrons. The van der Waals surface area contributed by atoms with Crippen molar-refractivity contribution in [3.8, 4) is 0 Å². The summed E-state index contributed by atoms with van der Waals surface area (Å²) in [5.74, 6) is -4.89. The van der Waals surface area contributed by atoms with Gasteiger partial charge in [-0.05, 0) is 44.9 Å². The van der Waals surface area contributed by atoms with Crippen LogP contribution >= 0.6 is 0 Å². The second-order valence-electron chi connectivity index (χ2n) is 12.9. The Morgan fingerprint density at radius 2 is 1.24 bits per heavy atom. The van der Waals surface area contributed by atoms with E-state index >= 15 is 0 Å². The first-order chi connectivity index (χ1) is 21.3. The van der Waals surface area contributed by atoms with Gasteiger partial charge in [-0.2, -0.15) is 13.2 Å². The van der Waals surface area contributed by atoms with Crippen LogP contribution in [0.2, 0.25) is 0 Å². The molecule has 0 aliphatic carbocycles. The maximum atomic E-state index is 13.5. The quantitative estimate of drug-likeness (QED) is 0.0701. The van der Waals surface area contributed by atoms with Gasteiger partial charge in [0.1, 0.15) is 11.8 Å². The monoisotopic (exact) mass is 648 g/mol. The van der Waals surface area contributed by atoms with Crippen molar-refractivity contribution in [3.05, 3.63) is 0 Å². The highest BCUT2D eigenvalue weighted by atomic mass is 19.4. The minimum Gasteiger partial charge on any atom is -0.480 e. The van der Waals surface area contributed by atoms with Gasteiger partial charge in [0.15, 0.2) is 0 Å². The van der Waals surface area contributed by atoms with Gasteiger partial charge in [-0.25, -0.2) is 4.79 Å². The number of carboxylic acids is 1. The van der Waals surface area contributed by atoms with Gasteiger partial charge < -0.3 is 15.7 Å². The van der Waals surface area contributed by atoms with Crippen molar-refractivity contribution in [2.24, 2.45) is 17.8 Å². The number of nitrogens with one attached hydrogen (secondary N) is 2. The Kier molecular flexibility index (Phi) is 24.8. The number of hydrogen-bond acceptors (Lipinski definition) is 4. The van der Waals surface area contributed by atoms with E-state index in [0.29, 0.717) is 32.1 Å². The lowest BCUT2D eigenvalue weighted by Gasteiger charge is -2.28. The lowest BCUT2D eigenvalue weighted by atomic mass is 9.80. The zero-order valence-corrected chi connectivity index (χ0v) is 28.6. The van der Waals surface area contributed by atoms with Gasteiger partial charge >= 0.3 is 12.1 Å². The van der Waals surface area contributed by atoms with E-state index < -0.39 is 35.9 Å². The van der Waals surface area contributed by atoms with Gasteiger partial charge in [-0.15, -0.1) is 0 Å². The molecule has 0 aromatic carbocycles. The van der Waals surface area contributed by atoms with Crippen molar-refractivity contribution in [2.75, 3.05) is 6.54 Å². The van der Waals surface area contributed by atoms with Crippen LogP contribution in [0.15, 0.2) is 0 Å². The Balaban J connectivity index is 4.16. The normalized spacial score (nSPS) is 14.4. The van der Waals surface area contributed by atoms with Crippen LogP contribution in [-0.2, 0) is 19.2 Å². The largest absolute Gasteiger partial charge is 0.480 e. The standard InChI is InChI=1S/C35H63F3N2O5/c1-5-7-8-9-10-11-12-13-14-15-16-17-18-22-33(43)40-31(34(44)45)23-24-32(42)39-25-20-19-21-29(28(4)41)26-30(27(3)6-2)35(36,37)38/h27,29-31H,5-26H2,1-4H3,(H,39,42)(H,40,43)(H,44,45)/t27-,29-,30+,31?/m1/s1. The number of hydrogen-bond donors (Lipinski definition) is 3. The summed E-state index contributed by atoms with van der Waals surface area (Å²) in [6.07, 6.45) is 12.8. The fraction of sp³-hybridized carbons (Fsp3) is 0.886. The number of halogens is 3. The predicted molar refractivity (Wildman–Crippen MR) is 174 cm³/mol. The molecule has 0 fully saturated rings. The van der Waals surface area contributed by atoms with Crippen LogP contribution in [0, 0.1) is 17.8 Å². The molecule has 0 radical (unpaired) electrons. The van der Waals surface area contributed by atoms with Crippen LogP contribution in [0.4, 0.5) is 13.2 Å². The smallest absolute Gasteiger partial charge is 0.392 e. The third-order valence-electron chi connectivity index (χ3n) is 8.97. The van der Waals surface area contributed by atoms with E-state index in [1.165, 1.54) is 64.7 Å². The fourth-order valence-corrected chi connectivity index (χ4v) is 5.70. The average molecular weight is 649 g/mol. The Bertz CT molecular complexity index is 822.